The predicted octanol–water partition coefficient (Wildman–Crippen LogP) is 5.60. The lowest BCUT2D eigenvalue weighted by atomic mass is 9.89. The molecular formula is C16H15ClN2S2. The molecule has 0 unspecified atom stereocenters. The number of rotatable bonds is 2. The molecule has 2 aromatic heterocycles. The smallest absolute Gasteiger partial charge is 0.134 e. The first-order chi connectivity index (χ1) is 10.1. The van der Waals surface area contributed by atoms with Crippen molar-refractivity contribution in [2.24, 2.45) is 10.9 Å². The van der Waals surface area contributed by atoms with Crippen LogP contribution in [0.15, 0.2) is 17.1 Å². The first-order valence-corrected chi connectivity index (χ1v) is 8.95. The van der Waals surface area contributed by atoms with Crippen molar-refractivity contribution in [3.05, 3.63) is 37.4 Å². The molecule has 108 valence electrons. The lowest BCUT2D eigenvalue weighted by Gasteiger charge is -2.17. The lowest BCUT2D eigenvalue weighted by Crippen LogP contribution is -2.09. The summed E-state index contributed by atoms with van der Waals surface area (Å²) in [6.45, 7) is 4.25. The fourth-order valence-electron chi connectivity index (χ4n) is 2.65. The Bertz CT molecular complexity index is 749. The summed E-state index contributed by atoms with van der Waals surface area (Å²) < 4.78 is 0.763. The molecule has 3 rings (SSSR count). The van der Waals surface area contributed by atoms with E-state index in [1.165, 1.54) is 28.2 Å². The number of hydrogen-bond donors (Lipinski definition) is 0. The van der Waals surface area contributed by atoms with E-state index in [2.05, 4.69) is 13.0 Å². The van der Waals surface area contributed by atoms with Crippen LogP contribution in [0.1, 0.15) is 41.1 Å². The van der Waals surface area contributed by atoms with Crippen molar-refractivity contribution in [1.29, 1.82) is 5.26 Å². The average Bonchev–Trinajstić information content (AvgIpc) is 3.01. The minimum Gasteiger partial charge on any atom is -0.240 e. The van der Waals surface area contributed by atoms with Gasteiger partial charge in [0.25, 0.3) is 0 Å². The van der Waals surface area contributed by atoms with E-state index in [4.69, 9.17) is 16.6 Å². The number of halogens is 1. The van der Waals surface area contributed by atoms with Gasteiger partial charge in [0.1, 0.15) is 11.1 Å². The third kappa shape index (κ3) is 2.91. The van der Waals surface area contributed by atoms with Gasteiger partial charge in [0.05, 0.1) is 15.6 Å². The largest absolute Gasteiger partial charge is 0.240 e. The summed E-state index contributed by atoms with van der Waals surface area (Å²) in [5, 5.41) is 10.3. The van der Waals surface area contributed by atoms with E-state index >= 15 is 0 Å². The minimum absolute atomic E-state index is 0.705. The quantitative estimate of drug-likeness (QED) is 0.658. The molecule has 0 radical (unpaired) electrons. The van der Waals surface area contributed by atoms with Crippen molar-refractivity contribution in [3.8, 4) is 6.07 Å². The van der Waals surface area contributed by atoms with E-state index < -0.39 is 0 Å². The predicted molar refractivity (Wildman–Crippen MR) is 91.4 cm³/mol. The van der Waals surface area contributed by atoms with E-state index in [0.29, 0.717) is 5.92 Å². The van der Waals surface area contributed by atoms with Gasteiger partial charge in [-0.25, -0.2) is 4.99 Å². The molecule has 21 heavy (non-hydrogen) atoms. The van der Waals surface area contributed by atoms with Crippen LogP contribution in [0.4, 0.5) is 5.00 Å². The Kier molecular flexibility index (Phi) is 4.17. The zero-order chi connectivity index (χ0) is 15.0. The molecule has 0 aliphatic heterocycles. The maximum atomic E-state index is 9.49. The van der Waals surface area contributed by atoms with Crippen LogP contribution in [0.2, 0.25) is 4.34 Å². The van der Waals surface area contributed by atoms with Crippen LogP contribution in [0.3, 0.4) is 0 Å². The van der Waals surface area contributed by atoms with Gasteiger partial charge < -0.3 is 0 Å². The van der Waals surface area contributed by atoms with E-state index in [9.17, 15) is 5.26 Å². The Balaban J connectivity index is 2.01. The third-order valence-electron chi connectivity index (χ3n) is 3.80. The van der Waals surface area contributed by atoms with Gasteiger partial charge in [0, 0.05) is 9.75 Å². The summed E-state index contributed by atoms with van der Waals surface area (Å²) in [7, 11) is 0. The second-order valence-electron chi connectivity index (χ2n) is 5.44. The molecule has 0 aromatic carbocycles. The van der Waals surface area contributed by atoms with Crippen molar-refractivity contribution in [1.82, 2.24) is 0 Å². The first kappa shape index (κ1) is 14.8. The summed E-state index contributed by atoms with van der Waals surface area (Å²) >= 11 is 9.18. The summed E-state index contributed by atoms with van der Waals surface area (Å²) in [5.74, 6) is 0.705. The molecule has 1 aliphatic carbocycles. The van der Waals surface area contributed by atoms with Crippen molar-refractivity contribution in [2.75, 3.05) is 0 Å². The highest BCUT2D eigenvalue weighted by Gasteiger charge is 2.23. The van der Waals surface area contributed by atoms with Crippen molar-refractivity contribution < 1.29 is 0 Å². The summed E-state index contributed by atoms with van der Waals surface area (Å²) in [6.07, 6.45) is 3.25. The standard InChI is InChI=1S/C16H15ClN2S2/c1-9-3-4-11-12(8-18)16(21-14(11)7-9)19-10(2)13-5-6-15(17)20-13/h5-6,9H,3-4,7H2,1-2H3/t9-/m1/s1. The van der Waals surface area contributed by atoms with Gasteiger partial charge in [-0.1, -0.05) is 18.5 Å². The average molecular weight is 335 g/mol. The molecule has 0 bridgehead atoms. The van der Waals surface area contributed by atoms with E-state index in [1.54, 1.807) is 11.3 Å². The SMILES string of the molecule is CC(=Nc1sc2c(c1C#N)CC[C@@H](C)C2)c1ccc(Cl)s1. The van der Waals surface area contributed by atoms with E-state index in [1.807, 2.05) is 19.1 Å². The second kappa shape index (κ2) is 5.92. The molecule has 5 heteroatoms. The highest BCUT2D eigenvalue weighted by Crippen LogP contribution is 2.41. The molecule has 0 N–H and O–H groups in total. The Hall–Kier alpha value is -1.15. The van der Waals surface area contributed by atoms with Gasteiger partial charge in [-0.05, 0) is 49.8 Å². The maximum absolute atomic E-state index is 9.49. The number of fused-ring (bicyclic) bond motifs is 1. The molecule has 2 heterocycles. The summed E-state index contributed by atoms with van der Waals surface area (Å²) in [6, 6.07) is 6.22. The Labute approximate surface area is 137 Å². The first-order valence-electron chi connectivity index (χ1n) is 6.94. The zero-order valence-corrected chi connectivity index (χ0v) is 14.3. The Morgan fingerprint density at radius 2 is 2.24 bits per heavy atom. The zero-order valence-electron chi connectivity index (χ0n) is 11.9. The van der Waals surface area contributed by atoms with Gasteiger partial charge in [0.2, 0.25) is 0 Å². The molecule has 1 aliphatic rings. The molecular weight excluding hydrogens is 320 g/mol. The molecule has 1 atom stereocenters. The Morgan fingerprint density at radius 3 is 2.90 bits per heavy atom. The molecule has 2 aromatic rings. The fourth-order valence-corrected chi connectivity index (χ4v) is 5.02. The third-order valence-corrected chi connectivity index (χ3v) is 6.29. The highest BCUT2D eigenvalue weighted by molar-refractivity contribution is 7.18. The topological polar surface area (TPSA) is 36.1 Å². The van der Waals surface area contributed by atoms with Crippen LogP contribution in [0.25, 0.3) is 0 Å². The van der Waals surface area contributed by atoms with Crippen LogP contribution in [0, 0.1) is 17.2 Å². The van der Waals surface area contributed by atoms with Gasteiger partial charge in [-0.2, -0.15) is 5.26 Å². The fraction of sp³-hybridized carbons (Fsp3) is 0.375. The molecule has 0 fully saturated rings. The number of nitriles is 1. The minimum atomic E-state index is 0.705. The van der Waals surface area contributed by atoms with Gasteiger partial charge in [0.15, 0.2) is 0 Å². The summed E-state index contributed by atoms with van der Waals surface area (Å²) in [4.78, 5) is 7.11. The monoisotopic (exact) mass is 334 g/mol. The molecule has 0 saturated heterocycles. The van der Waals surface area contributed by atoms with Crippen LogP contribution >= 0.6 is 34.3 Å². The number of nitrogens with zero attached hydrogens (tertiary/aromatic N) is 2. The second-order valence-corrected chi connectivity index (χ2v) is 8.24. The highest BCUT2D eigenvalue weighted by atomic mass is 35.5. The van der Waals surface area contributed by atoms with Crippen LogP contribution in [-0.2, 0) is 12.8 Å². The number of aliphatic imine (C=N–C) groups is 1. The van der Waals surface area contributed by atoms with Crippen LogP contribution in [-0.4, -0.2) is 5.71 Å². The van der Waals surface area contributed by atoms with E-state index in [0.717, 1.165) is 38.3 Å². The van der Waals surface area contributed by atoms with Crippen LogP contribution in [0.5, 0.6) is 0 Å². The normalized spacial score (nSPS) is 18.4. The molecule has 0 amide bonds. The Morgan fingerprint density at radius 1 is 1.43 bits per heavy atom. The maximum Gasteiger partial charge on any atom is 0.134 e. The molecule has 0 spiro atoms. The van der Waals surface area contributed by atoms with Crippen molar-refractivity contribution >= 4 is 45.0 Å². The molecule has 2 nitrogen and oxygen atoms in total. The van der Waals surface area contributed by atoms with Crippen molar-refractivity contribution in [3.63, 3.8) is 0 Å². The van der Waals surface area contributed by atoms with Crippen LogP contribution < -0.4 is 0 Å². The number of hydrogen-bond acceptors (Lipinski definition) is 4. The molecule has 0 saturated carbocycles. The van der Waals surface area contributed by atoms with Gasteiger partial charge >= 0.3 is 0 Å². The lowest BCUT2D eigenvalue weighted by molar-refractivity contribution is 0.507. The summed E-state index contributed by atoms with van der Waals surface area (Å²) in [5.41, 5.74) is 2.94. The van der Waals surface area contributed by atoms with E-state index in [-0.39, 0.29) is 0 Å². The van der Waals surface area contributed by atoms with Gasteiger partial charge in [-0.3, -0.25) is 0 Å². The van der Waals surface area contributed by atoms with Crippen molar-refractivity contribution in [2.45, 2.75) is 33.1 Å². The number of thiophene rings is 2. The van der Waals surface area contributed by atoms with Gasteiger partial charge in [-0.15, -0.1) is 22.7 Å².